The van der Waals surface area contributed by atoms with E-state index < -0.39 is 34.7 Å². The Bertz CT molecular complexity index is 1240. The minimum absolute atomic E-state index is 0.164. The zero-order valence-corrected chi connectivity index (χ0v) is 20.8. The van der Waals surface area contributed by atoms with Crippen LogP contribution in [0.25, 0.3) is 0 Å². The van der Waals surface area contributed by atoms with Gasteiger partial charge in [0.1, 0.15) is 0 Å². The number of halogens is 4. The van der Waals surface area contributed by atoms with Crippen LogP contribution in [0.2, 0.25) is 5.02 Å². The van der Waals surface area contributed by atoms with Gasteiger partial charge in [-0.25, -0.2) is 0 Å². The molecule has 37 heavy (non-hydrogen) atoms. The monoisotopic (exact) mass is 537 g/mol. The number of esters is 1. The molecule has 0 heterocycles. The van der Waals surface area contributed by atoms with E-state index >= 15 is 0 Å². The van der Waals surface area contributed by atoms with Crippen LogP contribution in [-0.2, 0) is 26.9 Å². The summed E-state index contributed by atoms with van der Waals surface area (Å²) in [6, 6.07) is 14.1. The van der Waals surface area contributed by atoms with Gasteiger partial charge in [0.15, 0.2) is 11.5 Å². The standard InChI is InChI=1S/C26H23ClF3NO6/c1-34-20-11-15(12-21(35-2)24(20)36-3)13-22(32)37-23(16-7-5-4-6-8-16)25(33)31-17-9-10-19(27)18(14-17)26(28,29)30/h4-12,14,23H,13H2,1-3H3,(H,31,33)/t23-/m1/s1. The normalized spacial score (nSPS) is 11.9. The van der Waals surface area contributed by atoms with Gasteiger partial charge in [-0.2, -0.15) is 13.2 Å². The maximum Gasteiger partial charge on any atom is 0.417 e. The van der Waals surface area contributed by atoms with Crippen LogP contribution in [0, 0.1) is 0 Å². The van der Waals surface area contributed by atoms with Crippen molar-refractivity contribution in [2.24, 2.45) is 0 Å². The number of amides is 1. The summed E-state index contributed by atoms with van der Waals surface area (Å²) >= 11 is 5.66. The third-order valence-electron chi connectivity index (χ3n) is 5.20. The summed E-state index contributed by atoms with van der Waals surface area (Å²) in [5.74, 6) is -0.634. The van der Waals surface area contributed by atoms with E-state index in [0.29, 0.717) is 34.4 Å². The van der Waals surface area contributed by atoms with E-state index in [1.54, 1.807) is 42.5 Å². The average Bonchev–Trinajstić information content (AvgIpc) is 2.87. The van der Waals surface area contributed by atoms with E-state index in [-0.39, 0.29) is 12.1 Å². The lowest BCUT2D eigenvalue weighted by Gasteiger charge is -2.19. The highest BCUT2D eigenvalue weighted by atomic mass is 35.5. The molecule has 1 atom stereocenters. The second kappa shape index (κ2) is 11.9. The molecule has 11 heteroatoms. The van der Waals surface area contributed by atoms with Crippen LogP contribution >= 0.6 is 11.6 Å². The molecular weight excluding hydrogens is 515 g/mol. The van der Waals surface area contributed by atoms with E-state index in [4.69, 9.17) is 30.5 Å². The summed E-state index contributed by atoms with van der Waals surface area (Å²) in [5, 5.41) is 1.86. The molecule has 0 unspecified atom stereocenters. The maximum absolute atomic E-state index is 13.2. The van der Waals surface area contributed by atoms with Gasteiger partial charge >= 0.3 is 12.1 Å². The highest BCUT2D eigenvalue weighted by molar-refractivity contribution is 6.31. The highest BCUT2D eigenvalue weighted by Gasteiger charge is 2.34. The molecule has 3 rings (SSSR count). The van der Waals surface area contributed by atoms with Crippen molar-refractivity contribution < 1.29 is 41.7 Å². The molecule has 0 aromatic heterocycles. The number of rotatable bonds is 9. The maximum atomic E-state index is 13.2. The topological polar surface area (TPSA) is 83.1 Å². The number of ether oxygens (including phenoxy) is 4. The Morgan fingerprint density at radius 2 is 1.54 bits per heavy atom. The van der Waals surface area contributed by atoms with Crippen LogP contribution in [0.1, 0.15) is 22.8 Å². The Balaban J connectivity index is 1.85. The van der Waals surface area contributed by atoms with Crippen LogP contribution in [0.5, 0.6) is 17.2 Å². The van der Waals surface area contributed by atoms with Gasteiger partial charge < -0.3 is 24.3 Å². The van der Waals surface area contributed by atoms with Crippen molar-refractivity contribution in [2.45, 2.75) is 18.7 Å². The first kappa shape index (κ1) is 27.7. The first-order chi connectivity index (χ1) is 17.6. The predicted octanol–water partition coefficient (Wildman–Crippen LogP) is 5.85. The Kier molecular flexibility index (Phi) is 8.88. The molecule has 0 bridgehead atoms. The minimum atomic E-state index is -4.72. The molecule has 0 saturated carbocycles. The fraction of sp³-hybridized carbons (Fsp3) is 0.231. The predicted molar refractivity (Wildman–Crippen MR) is 130 cm³/mol. The molecule has 1 N–H and O–H groups in total. The lowest BCUT2D eigenvalue weighted by atomic mass is 10.1. The highest BCUT2D eigenvalue weighted by Crippen LogP contribution is 2.39. The van der Waals surface area contributed by atoms with Gasteiger partial charge in [-0.15, -0.1) is 0 Å². The number of anilines is 1. The second-order valence-corrected chi connectivity index (χ2v) is 8.08. The number of alkyl halides is 3. The number of methoxy groups -OCH3 is 3. The fourth-order valence-corrected chi connectivity index (χ4v) is 3.73. The molecule has 3 aromatic carbocycles. The molecular formula is C26H23ClF3NO6. The smallest absolute Gasteiger partial charge is 0.417 e. The van der Waals surface area contributed by atoms with Crippen LogP contribution < -0.4 is 19.5 Å². The largest absolute Gasteiger partial charge is 0.493 e. The van der Waals surface area contributed by atoms with Crippen molar-refractivity contribution in [1.82, 2.24) is 0 Å². The van der Waals surface area contributed by atoms with Crippen molar-refractivity contribution in [3.8, 4) is 17.2 Å². The fourth-order valence-electron chi connectivity index (χ4n) is 3.51. The molecule has 196 valence electrons. The Morgan fingerprint density at radius 3 is 2.08 bits per heavy atom. The van der Waals surface area contributed by atoms with Gasteiger partial charge in [-0.3, -0.25) is 9.59 Å². The van der Waals surface area contributed by atoms with Crippen molar-refractivity contribution in [3.05, 3.63) is 82.4 Å². The lowest BCUT2D eigenvalue weighted by Crippen LogP contribution is -2.26. The third kappa shape index (κ3) is 6.85. The Hall–Kier alpha value is -3.92. The number of carbonyl (C=O) groups excluding carboxylic acids is 2. The summed E-state index contributed by atoms with van der Waals surface area (Å²) in [4.78, 5) is 25.9. The number of nitrogens with one attached hydrogen (secondary N) is 1. The van der Waals surface area contributed by atoms with Crippen molar-refractivity contribution >= 4 is 29.2 Å². The average molecular weight is 538 g/mol. The number of benzene rings is 3. The van der Waals surface area contributed by atoms with Crippen LogP contribution in [0.15, 0.2) is 60.7 Å². The molecule has 0 saturated heterocycles. The quantitative estimate of drug-likeness (QED) is 0.345. The van der Waals surface area contributed by atoms with E-state index in [9.17, 15) is 22.8 Å². The molecule has 0 aliphatic carbocycles. The minimum Gasteiger partial charge on any atom is -0.493 e. The van der Waals surface area contributed by atoms with E-state index in [2.05, 4.69) is 5.32 Å². The summed E-state index contributed by atoms with van der Waals surface area (Å²) in [6.45, 7) is 0. The second-order valence-electron chi connectivity index (χ2n) is 7.67. The summed E-state index contributed by atoms with van der Waals surface area (Å²) in [7, 11) is 4.29. The van der Waals surface area contributed by atoms with E-state index in [1.165, 1.54) is 27.4 Å². The van der Waals surface area contributed by atoms with Gasteiger partial charge in [-0.1, -0.05) is 41.9 Å². The van der Waals surface area contributed by atoms with Crippen molar-refractivity contribution in [2.75, 3.05) is 26.6 Å². The summed E-state index contributed by atoms with van der Waals surface area (Å²) in [5.41, 5.74) is -0.492. The van der Waals surface area contributed by atoms with Crippen LogP contribution in [0.3, 0.4) is 0 Å². The first-order valence-corrected chi connectivity index (χ1v) is 11.2. The number of hydrogen-bond acceptors (Lipinski definition) is 6. The number of carbonyl (C=O) groups is 2. The molecule has 0 radical (unpaired) electrons. The molecule has 3 aromatic rings. The van der Waals surface area contributed by atoms with Gasteiger partial charge in [0.25, 0.3) is 5.91 Å². The molecule has 0 spiro atoms. The summed E-state index contributed by atoms with van der Waals surface area (Å²) < 4.78 is 61.0. The van der Waals surface area contributed by atoms with Crippen molar-refractivity contribution in [1.29, 1.82) is 0 Å². The summed E-state index contributed by atoms with van der Waals surface area (Å²) in [6.07, 6.45) is -6.42. The Morgan fingerprint density at radius 1 is 0.919 bits per heavy atom. The Labute approximate surface area is 216 Å². The van der Waals surface area contributed by atoms with E-state index in [0.717, 1.165) is 6.07 Å². The molecule has 0 fully saturated rings. The lowest BCUT2D eigenvalue weighted by molar-refractivity contribution is -0.154. The molecule has 1 amide bonds. The van der Waals surface area contributed by atoms with Gasteiger partial charge in [0.2, 0.25) is 11.9 Å². The van der Waals surface area contributed by atoms with Crippen molar-refractivity contribution in [3.63, 3.8) is 0 Å². The zero-order chi connectivity index (χ0) is 27.2. The first-order valence-electron chi connectivity index (χ1n) is 10.8. The van der Waals surface area contributed by atoms with Crippen LogP contribution in [-0.4, -0.2) is 33.2 Å². The number of hydrogen-bond donors (Lipinski definition) is 1. The molecule has 7 nitrogen and oxygen atoms in total. The third-order valence-corrected chi connectivity index (χ3v) is 5.53. The SMILES string of the molecule is COc1cc(CC(=O)O[C@@H](C(=O)Nc2ccc(Cl)c(C(F)(F)F)c2)c2ccccc2)cc(OC)c1OC. The zero-order valence-electron chi connectivity index (χ0n) is 20.0. The van der Waals surface area contributed by atoms with Crippen LogP contribution in [0.4, 0.5) is 18.9 Å². The molecule has 0 aliphatic heterocycles. The van der Waals surface area contributed by atoms with E-state index in [1.807, 2.05) is 0 Å². The molecule has 0 aliphatic rings. The van der Waals surface area contributed by atoms with Gasteiger partial charge in [-0.05, 0) is 35.9 Å². The van der Waals surface area contributed by atoms with Gasteiger partial charge in [0, 0.05) is 11.3 Å². The van der Waals surface area contributed by atoms with Gasteiger partial charge in [0.05, 0.1) is 38.3 Å².